The molecule has 140 valence electrons. The molecule has 5 nitrogen and oxygen atoms in total. The van der Waals surface area contributed by atoms with Crippen LogP contribution in [-0.2, 0) is 16.0 Å². The highest BCUT2D eigenvalue weighted by Gasteiger charge is 2.26. The maximum Gasteiger partial charge on any atom is 0.408 e. The molecule has 0 aliphatic rings. The summed E-state index contributed by atoms with van der Waals surface area (Å²) >= 11 is 0. The Hall–Kier alpha value is -2.18. The minimum absolute atomic E-state index is 0.229. The second-order valence-electron chi connectivity index (χ2n) is 7.70. The number of rotatable bonds is 5. The van der Waals surface area contributed by atoms with E-state index in [0.717, 1.165) is 6.07 Å². The summed E-state index contributed by atoms with van der Waals surface area (Å²) in [6.07, 6.45) is -0.466. The number of nitrogens with one attached hydrogen (secondary N) is 2. The van der Waals surface area contributed by atoms with Crippen LogP contribution in [-0.4, -0.2) is 29.2 Å². The molecule has 0 fully saturated rings. The third kappa shape index (κ3) is 7.96. The van der Waals surface area contributed by atoms with E-state index in [9.17, 15) is 18.4 Å². The fourth-order valence-corrected chi connectivity index (χ4v) is 2.26. The molecule has 0 saturated carbocycles. The topological polar surface area (TPSA) is 67.4 Å². The lowest BCUT2D eigenvalue weighted by molar-refractivity contribution is -0.124. The van der Waals surface area contributed by atoms with Crippen molar-refractivity contribution in [1.82, 2.24) is 10.6 Å². The van der Waals surface area contributed by atoms with Crippen LogP contribution >= 0.6 is 0 Å². The average Bonchev–Trinajstić information content (AvgIpc) is 2.32. The van der Waals surface area contributed by atoms with E-state index in [-0.39, 0.29) is 6.42 Å². The first-order chi connectivity index (χ1) is 11.3. The number of benzene rings is 1. The van der Waals surface area contributed by atoms with Gasteiger partial charge < -0.3 is 15.4 Å². The van der Waals surface area contributed by atoms with Crippen LogP contribution in [0.4, 0.5) is 13.6 Å². The molecule has 0 aliphatic carbocycles. The molecule has 1 aromatic rings. The van der Waals surface area contributed by atoms with Gasteiger partial charge in [0, 0.05) is 11.6 Å². The molecule has 0 aliphatic heterocycles. The average molecular weight is 356 g/mol. The lowest BCUT2D eigenvalue weighted by Crippen LogP contribution is -2.53. The van der Waals surface area contributed by atoms with E-state index in [4.69, 9.17) is 4.74 Å². The molecule has 1 rings (SSSR count). The van der Waals surface area contributed by atoms with Gasteiger partial charge in [0.15, 0.2) is 0 Å². The van der Waals surface area contributed by atoms with Gasteiger partial charge in [-0.25, -0.2) is 13.6 Å². The first-order valence-corrected chi connectivity index (χ1v) is 8.04. The highest BCUT2D eigenvalue weighted by molar-refractivity contribution is 5.85. The molecule has 25 heavy (non-hydrogen) atoms. The predicted octanol–water partition coefficient (Wildman–Crippen LogP) is 3.32. The molecule has 0 unspecified atom stereocenters. The van der Waals surface area contributed by atoms with E-state index in [1.807, 2.05) is 0 Å². The SMILES string of the molecule is C[C@H](NC(=O)OC(C)(C)C)C(=O)NC(C)(C)Cc1cc(F)cc(F)c1. The second kappa shape index (κ2) is 7.80. The number of carbonyl (C=O) groups excluding carboxylic acids is 2. The maximum atomic E-state index is 13.3. The first-order valence-electron chi connectivity index (χ1n) is 8.04. The van der Waals surface area contributed by atoms with Gasteiger partial charge in [-0.3, -0.25) is 4.79 Å². The van der Waals surface area contributed by atoms with E-state index < -0.39 is 40.8 Å². The van der Waals surface area contributed by atoms with Crippen molar-refractivity contribution >= 4 is 12.0 Å². The minimum atomic E-state index is -0.821. The molecule has 1 atom stereocenters. The quantitative estimate of drug-likeness (QED) is 0.850. The van der Waals surface area contributed by atoms with Gasteiger partial charge in [0.1, 0.15) is 23.3 Å². The molecular formula is C18H26F2N2O3. The molecule has 2 N–H and O–H groups in total. The van der Waals surface area contributed by atoms with E-state index in [0.29, 0.717) is 5.56 Å². The van der Waals surface area contributed by atoms with E-state index in [1.54, 1.807) is 34.6 Å². The molecule has 2 amide bonds. The van der Waals surface area contributed by atoms with Gasteiger partial charge in [-0.1, -0.05) is 0 Å². The summed E-state index contributed by atoms with van der Waals surface area (Å²) in [7, 11) is 0. The van der Waals surface area contributed by atoms with Crippen molar-refractivity contribution in [3.63, 3.8) is 0 Å². The van der Waals surface area contributed by atoms with Crippen molar-refractivity contribution < 1.29 is 23.1 Å². The third-order valence-corrected chi connectivity index (χ3v) is 3.16. The Morgan fingerprint density at radius 3 is 2.08 bits per heavy atom. The number of alkyl carbamates (subject to hydrolysis) is 1. The van der Waals surface area contributed by atoms with Crippen LogP contribution in [0.1, 0.15) is 47.1 Å². The normalized spacial score (nSPS) is 13.1. The summed E-state index contributed by atoms with van der Waals surface area (Å²) < 4.78 is 31.7. The Kier molecular flexibility index (Phi) is 6.51. The van der Waals surface area contributed by atoms with E-state index in [1.165, 1.54) is 19.1 Å². The summed E-state index contributed by atoms with van der Waals surface area (Å²) in [4.78, 5) is 24.0. The van der Waals surface area contributed by atoms with Crippen LogP contribution in [0.5, 0.6) is 0 Å². The number of halogens is 2. The largest absolute Gasteiger partial charge is 0.444 e. The zero-order valence-electron chi connectivity index (χ0n) is 15.5. The van der Waals surface area contributed by atoms with Crippen molar-refractivity contribution in [2.45, 2.75) is 65.1 Å². The van der Waals surface area contributed by atoms with Crippen LogP contribution in [0.3, 0.4) is 0 Å². The van der Waals surface area contributed by atoms with E-state index >= 15 is 0 Å². The Bertz CT molecular complexity index is 619. The zero-order chi connectivity index (χ0) is 19.4. The molecular weight excluding hydrogens is 330 g/mol. The molecule has 0 heterocycles. The molecule has 0 aromatic heterocycles. The van der Waals surface area contributed by atoms with Crippen molar-refractivity contribution in [2.75, 3.05) is 0 Å². The standard InChI is InChI=1S/C18H26F2N2O3/c1-11(21-16(24)25-17(2,3)4)15(23)22-18(5,6)10-12-7-13(19)9-14(20)8-12/h7-9,11H,10H2,1-6H3,(H,21,24)(H,22,23)/t11-/m0/s1. The number of carbonyl (C=O) groups is 2. The maximum absolute atomic E-state index is 13.3. The van der Waals surface area contributed by atoms with Gasteiger partial charge in [-0.05, 0) is 65.7 Å². The van der Waals surface area contributed by atoms with Crippen molar-refractivity contribution in [2.24, 2.45) is 0 Å². The number of hydrogen-bond acceptors (Lipinski definition) is 3. The molecule has 0 spiro atoms. The predicted molar refractivity (Wildman–Crippen MR) is 91.1 cm³/mol. The van der Waals surface area contributed by atoms with Gasteiger partial charge in [0.2, 0.25) is 5.91 Å². The highest BCUT2D eigenvalue weighted by Crippen LogP contribution is 2.16. The van der Waals surface area contributed by atoms with Gasteiger partial charge in [-0.2, -0.15) is 0 Å². The van der Waals surface area contributed by atoms with Crippen molar-refractivity contribution in [3.8, 4) is 0 Å². The highest BCUT2D eigenvalue weighted by atomic mass is 19.1. The smallest absolute Gasteiger partial charge is 0.408 e. The number of ether oxygens (including phenoxy) is 1. The van der Waals surface area contributed by atoms with Crippen LogP contribution < -0.4 is 10.6 Å². The summed E-state index contributed by atoms with van der Waals surface area (Å²) in [6.45, 7) is 10.1. The first kappa shape index (κ1) is 20.9. The van der Waals surface area contributed by atoms with Gasteiger partial charge in [0.05, 0.1) is 0 Å². The Labute approximate surface area is 147 Å². The Morgan fingerprint density at radius 1 is 1.08 bits per heavy atom. The molecule has 7 heteroatoms. The molecule has 1 aromatic carbocycles. The van der Waals surface area contributed by atoms with Crippen molar-refractivity contribution in [3.05, 3.63) is 35.4 Å². The van der Waals surface area contributed by atoms with Crippen LogP contribution in [0.25, 0.3) is 0 Å². The lowest BCUT2D eigenvalue weighted by Gasteiger charge is -2.29. The molecule has 0 saturated heterocycles. The zero-order valence-corrected chi connectivity index (χ0v) is 15.5. The van der Waals surface area contributed by atoms with Crippen LogP contribution in [0.2, 0.25) is 0 Å². The van der Waals surface area contributed by atoms with Gasteiger partial charge >= 0.3 is 6.09 Å². The lowest BCUT2D eigenvalue weighted by atomic mass is 9.94. The number of amides is 2. The van der Waals surface area contributed by atoms with Gasteiger partial charge in [-0.15, -0.1) is 0 Å². The van der Waals surface area contributed by atoms with Crippen LogP contribution in [0, 0.1) is 11.6 Å². The fraction of sp³-hybridized carbons (Fsp3) is 0.556. The summed E-state index contributed by atoms with van der Waals surface area (Å²) in [5, 5.41) is 5.21. The number of hydrogen-bond donors (Lipinski definition) is 2. The van der Waals surface area contributed by atoms with Crippen LogP contribution in [0.15, 0.2) is 18.2 Å². The third-order valence-electron chi connectivity index (χ3n) is 3.16. The summed E-state index contributed by atoms with van der Waals surface area (Å²) in [5.74, 6) is -1.76. The monoisotopic (exact) mass is 356 g/mol. The molecule has 0 bridgehead atoms. The van der Waals surface area contributed by atoms with Gasteiger partial charge in [0.25, 0.3) is 0 Å². The van der Waals surface area contributed by atoms with E-state index in [2.05, 4.69) is 10.6 Å². The summed E-state index contributed by atoms with van der Waals surface area (Å²) in [6, 6.07) is 2.42. The summed E-state index contributed by atoms with van der Waals surface area (Å²) in [5.41, 5.74) is -1.00. The second-order valence-corrected chi connectivity index (χ2v) is 7.70. The molecule has 0 radical (unpaired) electrons. The Morgan fingerprint density at radius 2 is 1.60 bits per heavy atom. The Balaban J connectivity index is 2.65. The fourth-order valence-electron chi connectivity index (χ4n) is 2.26. The van der Waals surface area contributed by atoms with Crippen molar-refractivity contribution in [1.29, 1.82) is 0 Å². The minimum Gasteiger partial charge on any atom is -0.444 e.